The van der Waals surface area contributed by atoms with Gasteiger partial charge in [0.15, 0.2) is 17.0 Å². The van der Waals surface area contributed by atoms with Crippen LogP contribution in [0.5, 0.6) is 0 Å². The van der Waals surface area contributed by atoms with Crippen LogP contribution in [0, 0.1) is 0 Å². The molecule has 2 aliphatic rings. The average molecular weight is 499 g/mol. The molecule has 4 aromatic heterocycles. The van der Waals surface area contributed by atoms with Crippen molar-refractivity contribution in [2.24, 2.45) is 5.73 Å². The summed E-state index contributed by atoms with van der Waals surface area (Å²) in [7, 11) is 0. The molecular weight excluding hydrogens is 464 g/mol. The van der Waals surface area contributed by atoms with Gasteiger partial charge < -0.3 is 25.4 Å². The van der Waals surface area contributed by atoms with E-state index in [1.54, 1.807) is 0 Å². The van der Waals surface area contributed by atoms with Crippen molar-refractivity contribution in [3.05, 3.63) is 48.5 Å². The zero-order chi connectivity index (χ0) is 25.4. The van der Waals surface area contributed by atoms with Gasteiger partial charge in [0.05, 0.1) is 12.0 Å². The Balaban J connectivity index is 1.29. The van der Waals surface area contributed by atoms with Crippen molar-refractivity contribution < 1.29 is 0 Å². The third-order valence-electron chi connectivity index (χ3n) is 7.33. The molecule has 0 bridgehead atoms. The molecule has 2 fully saturated rings. The zero-order valence-corrected chi connectivity index (χ0v) is 21.5. The molecule has 192 valence electrons. The lowest BCUT2D eigenvalue weighted by atomic mass is 10.1. The maximum atomic E-state index is 6.14. The first kappa shape index (κ1) is 23.6. The zero-order valence-electron chi connectivity index (χ0n) is 21.5. The maximum Gasteiger partial charge on any atom is 0.229 e. The summed E-state index contributed by atoms with van der Waals surface area (Å²) < 4.78 is 2.10. The molecule has 0 amide bonds. The van der Waals surface area contributed by atoms with Gasteiger partial charge in [-0.2, -0.15) is 9.97 Å². The number of fused-ring (bicyclic) bond motifs is 1. The van der Waals surface area contributed by atoms with Crippen LogP contribution in [0.25, 0.3) is 22.4 Å². The first-order valence-corrected chi connectivity index (χ1v) is 13.2. The highest BCUT2D eigenvalue weighted by Gasteiger charge is 2.22. The van der Waals surface area contributed by atoms with Crippen molar-refractivity contribution >= 4 is 28.7 Å². The number of hydrogen-bond acceptors (Lipinski definition) is 9. The second kappa shape index (κ2) is 9.93. The second-order valence-electron chi connectivity index (χ2n) is 10.2. The minimum Gasteiger partial charge on any atom is -0.364 e. The number of pyridine rings is 2. The molecule has 6 rings (SSSR count). The van der Waals surface area contributed by atoms with Gasteiger partial charge in [0.1, 0.15) is 5.82 Å². The summed E-state index contributed by atoms with van der Waals surface area (Å²) in [6, 6.07) is 8.75. The van der Waals surface area contributed by atoms with Gasteiger partial charge in [0.2, 0.25) is 5.95 Å². The van der Waals surface area contributed by atoms with Crippen molar-refractivity contribution in [1.29, 1.82) is 0 Å². The van der Waals surface area contributed by atoms with Crippen molar-refractivity contribution in [3.63, 3.8) is 0 Å². The van der Waals surface area contributed by atoms with Crippen LogP contribution in [0.1, 0.15) is 44.7 Å². The number of hydrogen-bond donors (Lipinski definition) is 2. The van der Waals surface area contributed by atoms with Gasteiger partial charge in [-0.25, -0.2) is 9.97 Å². The van der Waals surface area contributed by atoms with Gasteiger partial charge in [0, 0.05) is 62.8 Å². The first-order valence-electron chi connectivity index (χ1n) is 13.2. The minimum absolute atomic E-state index is 0.243. The summed E-state index contributed by atoms with van der Waals surface area (Å²) in [4.78, 5) is 28.4. The Morgan fingerprint density at radius 2 is 1.84 bits per heavy atom. The Kier molecular flexibility index (Phi) is 6.33. The molecule has 3 N–H and O–H groups in total. The number of aromatic nitrogens is 6. The van der Waals surface area contributed by atoms with Crippen molar-refractivity contribution in [3.8, 4) is 11.3 Å². The van der Waals surface area contributed by atoms with Gasteiger partial charge >= 0.3 is 0 Å². The number of piperidine rings is 1. The molecule has 0 radical (unpaired) electrons. The average Bonchev–Trinajstić information content (AvgIpc) is 3.32. The molecule has 2 aliphatic heterocycles. The Hall–Kier alpha value is -3.79. The summed E-state index contributed by atoms with van der Waals surface area (Å²) in [5.41, 5.74) is 10.8. The largest absolute Gasteiger partial charge is 0.364 e. The van der Waals surface area contributed by atoms with Crippen molar-refractivity contribution in [2.45, 2.75) is 51.7 Å². The Labute approximate surface area is 217 Å². The highest BCUT2D eigenvalue weighted by atomic mass is 15.3. The molecule has 0 aromatic carbocycles. The maximum absolute atomic E-state index is 6.14. The van der Waals surface area contributed by atoms with Crippen LogP contribution in [0.3, 0.4) is 0 Å². The quantitative estimate of drug-likeness (QED) is 0.394. The molecule has 2 saturated heterocycles. The van der Waals surface area contributed by atoms with E-state index in [1.807, 2.05) is 24.8 Å². The van der Waals surface area contributed by atoms with Crippen LogP contribution in [0.4, 0.5) is 17.6 Å². The fourth-order valence-corrected chi connectivity index (χ4v) is 4.93. The number of imidazole rings is 1. The topological polar surface area (TPSA) is 114 Å². The van der Waals surface area contributed by atoms with E-state index in [1.165, 1.54) is 6.42 Å². The number of nitrogens with one attached hydrogen (secondary N) is 1. The molecule has 0 spiro atoms. The lowest BCUT2D eigenvalue weighted by molar-refractivity contribution is 0.495. The summed E-state index contributed by atoms with van der Waals surface area (Å²) >= 11 is 0. The summed E-state index contributed by atoms with van der Waals surface area (Å²) in [5.74, 6) is 2.48. The predicted octanol–water partition coefficient (Wildman–Crippen LogP) is 3.61. The number of nitrogens with two attached hydrogens (primary N) is 1. The van der Waals surface area contributed by atoms with E-state index < -0.39 is 0 Å². The van der Waals surface area contributed by atoms with Crippen LogP contribution < -0.4 is 20.9 Å². The highest BCUT2D eigenvalue weighted by molar-refractivity contribution is 5.84. The molecule has 0 unspecified atom stereocenters. The van der Waals surface area contributed by atoms with E-state index in [0.717, 1.165) is 84.6 Å². The molecule has 0 atom stereocenters. The first-order chi connectivity index (χ1) is 18.1. The lowest BCUT2D eigenvalue weighted by Crippen LogP contribution is -2.40. The molecule has 0 aliphatic carbocycles. The fourth-order valence-electron chi connectivity index (χ4n) is 4.93. The minimum atomic E-state index is 0.243. The summed E-state index contributed by atoms with van der Waals surface area (Å²) in [6.07, 6.45) is 8.72. The molecule has 4 aromatic rings. The third kappa shape index (κ3) is 4.69. The smallest absolute Gasteiger partial charge is 0.229 e. The highest BCUT2D eigenvalue weighted by Crippen LogP contribution is 2.28. The number of nitrogens with zero attached hydrogens (tertiary/aromatic N) is 8. The van der Waals surface area contributed by atoms with Crippen LogP contribution in [0.2, 0.25) is 0 Å². The molecule has 10 nitrogen and oxygen atoms in total. The number of anilines is 3. The van der Waals surface area contributed by atoms with Gasteiger partial charge in [-0.3, -0.25) is 4.98 Å². The van der Waals surface area contributed by atoms with Crippen molar-refractivity contribution in [1.82, 2.24) is 29.5 Å². The normalized spacial score (nSPS) is 16.4. The molecular formula is C27H34N10. The van der Waals surface area contributed by atoms with Crippen LogP contribution in [-0.2, 0) is 6.54 Å². The fraction of sp³-hybridized carbons (Fsp3) is 0.444. The number of rotatable bonds is 7. The summed E-state index contributed by atoms with van der Waals surface area (Å²) in [6.45, 7) is 8.71. The van der Waals surface area contributed by atoms with Gasteiger partial charge in [-0.15, -0.1) is 0 Å². The monoisotopic (exact) mass is 498 g/mol. The van der Waals surface area contributed by atoms with E-state index in [4.69, 9.17) is 20.7 Å². The summed E-state index contributed by atoms with van der Waals surface area (Å²) in [5, 5.41) is 3.56. The van der Waals surface area contributed by atoms with Gasteiger partial charge in [0.25, 0.3) is 0 Å². The predicted molar refractivity (Wildman–Crippen MR) is 147 cm³/mol. The Bertz CT molecular complexity index is 1370. The van der Waals surface area contributed by atoms with Crippen LogP contribution in [0.15, 0.2) is 43.0 Å². The standard InChI is InChI=1S/C27H34N10/c1-18(2)37-17-32-24-25(33-27(34-26(24)37)36-13-8-21(28)9-14-36)31-16-19-5-3-10-29-23(19)20-6-7-22(30-15-20)35-11-4-12-35/h3,5-7,10,15,17-18,21H,4,8-9,11-14,16,28H2,1-2H3,(H,31,33,34). The van der Waals surface area contributed by atoms with E-state index in [0.29, 0.717) is 6.54 Å². The molecule has 10 heteroatoms. The third-order valence-corrected chi connectivity index (χ3v) is 7.33. The van der Waals surface area contributed by atoms with E-state index >= 15 is 0 Å². The Morgan fingerprint density at radius 3 is 2.54 bits per heavy atom. The van der Waals surface area contributed by atoms with E-state index in [9.17, 15) is 0 Å². The second-order valence-corrected chi connectivity index (χ2v) is 10.2. The molecule has 6 heterocycles. The van der Waals surface area contributed by atoms with Crippen LogP contribution >= 0.6 is 0 Å². The Morgan fingerprint density at radius 1 is 1.00 bits per heavy atom. The van der Waals surface area contributed by atoms with Gasteiger partial charge in [-0.1, -0.05) is 6.07 Å². The SMILES string of the molecule is CC(C)n1cnc2c(NCc3cccnc3-c3ccc(N4CCC4)nc3)nc(N3CCC(N)CC3)nc21. The van der Waals surface area contributed by atoms with Gasteiger partial charge in [-0.05, 0) is 56.9 Å². The molecule has 0 saturated carbocycles. The molecule has 37 heavy (non-hydrogen) atoms. The van der Waals surface area contributed by atoms with E-state index in [2.05, 4.69) is 61.7 Å². The van der Waals surface area contributed by atoms with E-state index in [-0.39, 0.29) is 12.1 Å². The van der Waals surface area contributed by atoms with Crippen LogP contribution in [-0.4, -0.2) is 61.7 Å². The lowest BCUT2D eigenvalue weighted by Gasteiger charge is -2.31. The van der Waals surface area contributed by atoms with Crippen molar-refractivity contribution in [2.75, 3.05) is 41.3 Å².